The summed E-state index contributed by atoms with van der Waals surface area (Å²) in [6.07, 6.45) is 2.67. The van der Waals surface area contributed by atoms with Gasteiger partial charge < -0.3 is 9.80 Å². The molecule has 1 saturated heterocycles. The van der Waals surface area contributed by atoms with Crippen molar-refractivity contribution in [2.24, 2.45) is 0 Å². The summed E-state index contributed by atoms with van der Waals surface area (Å²) in [6, 6.07) is 12.1. The van der Waals surface area contributed by atoms with Crippen molar-refractivity contribution in [3.63, 3.8) is 0 Å². The van der Waals surface area contributed by atoms with E-state index in [1.165, 1.54) is 11.1 Å². The average molecular weight is 386 g/mol. The van der Waals surface area contributed by atoms with Gasteiger partial charge in [0.1, 0.15) is 10.8 Å². The van der Waals surface area contributed by atoms with E-state index in [4.69, 9.17) is 11.6 Å². The van der Waals surface area contributed by atoms with Crippen molar-refractivity contribution in [1.82, 2.24) is 15.2 Å². The van der Waals surface area contributed by atoms with E-state index in [0.29, 0.717) is 0 Å². The predicted molar refractivity (Wildman–Crippen MR) is 108 cm³/mol. The summed E-state index contributed by atoms with van der Waals surface area (Å²) in [5.41, 5.74) is 2.45. The summed E-state index contributed by atoms with van der Waals surface area (Å²) in [5, 5.41) is 11.6. The first-order valence-electron chi connectivity index (χ1n) is 8.67. The highest BCUT2D eigenvalue weighted by Crippen LogP contribution is 2.25. The van der Waals surface area contributed by atoms with E-state index in [9.17, 15) is 0 Å². The lowest BCUT2D eigenvalue weighted by Crippen LogP contribution is -2.46. The molecule has 0 saturated carbocycles. The molecule has 1 fully saturated rings. The van der Waals surface area contributed by atoms with E-state index in [1.54, 1.807) is 11.3 Å². The third kappa shape index (κ3) is 3.97. The van der Waals surface area contributed by atoms with Gasteiger partial charge >= 0.3 is 0 Å². The predicted octanol–water partition coefficient (Wildman–Crippen LogP) is 3.81. The highest BCUT2D eigenvalue weighted by atomic mass is 35.5. The molecule has 0 amide bonds. The smallest absolute Gasteiger partial charge is 0.208 e. The van der Waals surface area contributed by atoms with E-state index < -0.39 is 0 Å². The van der Waals surface area contributed by atoms with Crippen LogP contribution in [0.1, 0.15) is 16.1 Å². The van der Waals surface area contributed by atoms with E-state index in [2.05, 4.69) is 38.0 Å². The molecule has 1 aliphatic heterocycles. The van der Waals surface area contributed by atoms with Crippen molar-refractivity contribution in [3.8, 4) is 0 Å². The largest absolute Gasteiger partial charge is 0.353 e. The van der Waals surface area contributed by atoms with Gasteiger partial charge in [-0.3, -0.25) is 0 Å². The standard InChI is InChI=1S/C19H20ClN5S/c1-14-6-7-21-17(12-14)24-8-10-25(11-9-24)19-23-22-18(26-19)13-15-2-4-16(20)5-3-15/h2-7,12H,8-11,13H2,1H3. The molecule has 5 nitrogen and oxygen atoms in total. The number of rotatable bonds is 4. The normalized spacial score (nSPS) is 14.7. The third-order valence-electron chi connectivity index (χ3n) is 4.50. The molecule has 0 N–H and O–H groups in total. The number of benzene rings is 1. The van der Waals surface area contributed by atoms with Gasteiger partial charge in [-0.15, -0.1) is 10.2 Å². The second-order valence-corrected chi connectivity index (χ2v) is 7.92. The Bertz CT molecular complexity index is 872. The molecule has 1 aliphatic rings. The van der Waals surface area contributed by atoms with Crippen molar-refractivity contribution >= 4 is 33.9 Å². The molecule has 4 rings (SSSR count). The average Bonchev–Trinajstić information content (AvgIpc) is 3.12. The maximum absolute atomic E-state index is 5.94. The lowest BCUT2D eigenvalue weighted by molar-refractivity contribution is 0.643. The molecule has 3 aromatic rings. The Morgan fingerprint density at radius 1 is 1.00 bits per heavy atom. The molecule has 26 heavy (non-hydrogen) atoms. The van der Waals surface area contributed by atoms with Crippen LogP contribution in [0.2, 0.25) is 5.02 Å². The number of piperazine rings is 1. The molecule has 0 spiro atoms. The van der Waals surface area contributed by atoms with Crippen LogP contribution in [0.5, 0.6) is 0 Å². The zero-order valence-corrected chi connectivity index (χ0v) is 16.2. The highest BCUT2D eigenvalue weighted by molar-refractivity contribution is 7.15. The lowest BCUT2D eigenvalue weighted by Gasteiger charge is -2.35. The van der Waals surface area contributed by atoms with E-state index in [1.807, 2.05) is 36.5 Å². The van der Waals surface area contributed by atoms with Crippen LogP contribution in [0.25, 0.3) is 0 Å². The van der Waals surface area contributed by atoms with Crippen LogP contribution < -0.4 is 9.80 Å². The van der Waals surface area contributed by atoms with Gasteiger partial charge in [-0.05, 0) is 42.3 Å². The maximum atomic E-state index is 5.94. The molecule has 1 aromatic carbocycles. The summed E-state index contributed by atoms with van der Waals surface area (Å²) in [6.45, 7) is 5.87. The first-order valence-corrected chi connectivity index (χ1v) is 9.86. The maximum Gasteiger partial charge on any atom is 0.208 e. The molecule has 3 heterocycles. The molecule has 0 atom stereocenters. The Morgan fingerprint density at radius 2 is 1.73 bits per heavy atom. The monoisotopic (exact) mass is 385 g/mol. The first-order chi connectivity index (χ1) is 12.7. The number of pyridine rings is 1. The Hall–Kier alpha value is -2.18. The van der Waals surface area contributed by atoms with Crippen LogP contribution in [0.3, 0.4) is 0 Å². The zero-order valence-electron chi connectivity index (χ0n) is 14.6. The van der Waals surface area contributed by atoms with Gasteiger partial charge in [0, 0.05) is 43.8 Å². The van der Waals surface area contributed by atoms with Crippen molar-refractivity contribution in [2.45, 2.75) is 13.3 Å². The lowest BCUT2D eigenvalue weighted by atomic mass is 10.2. The Morgan fingerprint density at radius 3 is 2.46 bits per heavy atom. The molecule has 7 heteroatoms. The van der Waals surface area contributed by atoms with Gasteiger partial charge in [0.25, 0.3) is 0 Å². The van der Waals surface area contributed by atoms with Crippen molar-refractivity contribution in [3.05, 3.63) is 63.8 Å². The minimum Gasteiger partial charge on any atom is -0.353 e. The number of halogens is 1. The fourth-order valence-electron chi connectivity index (χ4n) is 3.04. The molecule has 0 radical (unpaired) electrons. The third-order valence-corrected chi connectivity index (χ3v) is 5.74. The Balaban J connectivity index is 1.37. The molecule has 2 aromatic heterocycles. The van der Waals surface area contributed by atoms with Gasteiger partial charge in [0.05, 0.1) is 0 Å². The van der Waals surface area contributed by atoms with E-state index in [0.717, 1.165) is 53.6 Å². The van der Waals surface area contributed by atoms with Crippen LogP contribution >= 0.6 is 22.9 Å². The van der Waals surface area contributed by atoms with Crippen molar-refractivity contribution < 1.29 is 0 Å². The number of hydrogen-bond acceptors (Lipinski definition) is 6. The minimum atomic E-state index is 0.757. The number of anilines is 2. The molecular formula is C19H20ClN5S. The molecule has 0 aliphatic carbocycles. The first kappa shape index (κ1) is 17.2. The van der Waals surface area contributed by atoms with Crippen molar-refractivity contribution in [2.75, 3.05) is 36.0 Å². The summed E-state index contributed by atoms with van der Waals surface area (Å²) in [7, 11) is 0. The minimum absolute atomic E-state index is 0.757. The van der Waals surface area contributed by atoms with Gasteiger partial charge in [-0.1, -0.05) is 35.1 Å². The van der Waals surface area contributed by atoms with E-state index >= 15 is 0 Å². The van der Waals surface area contributed by atoms with E-state index in [-0.39, 0.29) is 0 Å². The molecule has 0 unspecified atom stereocenters. The summed E-state index contributed by atoms with van der Waals surface area (Å²) in [4.78, 5) is 9.14. The topological polar surface area (TPSA) is 45.2 Å². The van der Waals surface area contributed by atoms with Crippen LogP contribution in [0.4, 0.5) is 10.9 Å². The Labute approximate surface area is 162 Å². The number of nitrogens with zero attached hydrogens (tertiary/aromatic N) is 5. The highest BCUT2D eigenvalue weighted by Gasteiger charge is 2.21. The fraction of sp³-hybridized carbons (Fsp3) is 0.316. The van der Waals surface area contributed by atoms with Gasteiger partial charge in [0.2, 0.25) is 5.13 Å². The zero-order chi connectivity index (χ0) is 17.9. The summed E-state index contributed by atoms with van der Waals surface area (Å²) < 4.78 is 0. The van der Waals surface area contributed by atoms with Gasteiger partial charge in [-0.25, -0.2) is 4.98 Å². The number of aryl methyl sites for hydroxylation is 1. The second kappa shape index (κ2) is 7.60. The van der Waals surface area contributed by atoms with Crippen molar-refractivity contribution in [1.29, 1.82) is 0 Å². The summed E-state index contributed by atoms with van der Waals surface area (Å²) >= 11 is 7.62. The van der Waals surface area contributed by atoms with Crippen LogP contribution in [-0.4, -0.2) is 41.4 Å². The number of hydrogen-bond donors (Lipinski definition) is 0. The van der Waals surface area contributed by atoms with Gasteiger partial charge in [-0.2, -0.15) is 0 Å². The molecular weight excluding hydrogens is 366 g/mol. The van der Waals surface area contributed by atoms with Crippen LogP contribution in [0.15, 0.2) is 42.6 Å². The number of aromatic nitrogens is 3. The summed E-state index contributed by atoms with van der Waals surface area (Å²) in [5.74, 6) is 1.06. The Kier molecular flexibility index (Phi) is 5.04. The van der Waals surface area contributed by atoms with Gasteiger partial charge in [0.15, 0.2) is 0 Å². The molecule has 0 bridgehead atoms. The fourth-order valence-corrected chi connectivity index (χ4v) is 4.09. The quantitative estimate of drug-likeness (QED) is 0.683. The van der Waals surface area contributed by atoms with Crippen LogP contribution in [0, 0.1) is 6.92 Å². The van der Waals surface area contributed by atoms with Crippen LogP contribution in [-0.2, 0) is 6.42 Å². The second-order valence-electron chi connectivity index (χ2n) is 6.45. The SMILES string of the molecule is Cc1ccnc(N2CCN(c3nnc(Cc4ccc(Cl)cc4)s3)CC2)c1. The molecule has 134 valence electrons.